The molecule has 3 aromatic rings. The van der Waals surface area contributed by atoms with Gasteiger partial charge < -0.3 is 20.9 Å². The number of aromatic nitrogens is 2. The van der Waals surface area contributed by atoms with E-state index in [1.807, 2.05) is 35.0 Å². The Hall–Kier alpha value is -2.77. The fourth-order valence-electron chi connectivity index (χ4n) is 2.55. The highest BCUT2D eigenvalue weighted by Gasteiger charge is 2.07. The van der Waals surface area contributed by atoms with Crippen LogP contribution < -0.4 is 16.2 Å². The van der Waals surface area contributed by atoms with Crippen molar-refractivity contribution in [3.8, 4) is 22.8 Å². The molecule has 0 spiro atoms. The van der Waals surface area contributed by atoms with Crippen molar-refractivity contribution in [3.63, 3.8) is 0 Å². The first-order valence-corrected chi connectivity index (χ1v) is 11.6. The topological polar surface area (TPSA) is 88.3 Å². The number of hydrogen-bond donors (Lipinski definition) is 2. The summed E-state index contributed by atoms with van der Waals surface area (Å²) in [5, 5.41) is 4.36. The number of nitrogen functional groups attached to an aromatic ring is 2. The van der Waals surface area contributed by atoms with Gasteiger partial charge >= 0.3 is 0 Å². The summed E-state index contributed by atoms with van der Waals surface area (Å²) >= 11 is 0. The molecule has 2 aromatic carbocycles. The van der Waals surface area contributed by atoms with Gasteiger partial charge in [-0.1, -0.05) is 13.1 Å². The molecule has 1 radical (unpaired) electrons. The Kier molecular flexibility index (Phi) is 6.15. The van der Waals surface area contributed by atoms with Crippen molar-refractivity contribution in [2.75, 3.05) is 18.1 Å². The molecule has 1 heterocycles. The molecule has 0 saturated heterocycles. The summed E-state index contributed by atoms with van der Waals surface area (Å²) < 4.78 is 13.5. The Morgan fingerprint density at radius 3 is 2.41 bits per heavy atom. The van der Waals surface area contributed by atoms with Crippen molar-refractivity contribution in [1.82, 2.24) is 9.78 Å². The second-order valence-electron chi connectivity index (χ2n) is 6.63. The number of nitrogens with two attached hydrogens (primary N) is 2. The summed E-state index contributed by atoms with van der Waals surface area (Å²) in [5.74, 6) is 1.38. The highest BCUT2D eigenvalue weighted by atomic mass is 28.3. The molecule has 0 aliphatic rings. The maximum atomic E-state index is 5.84. The Morgan fingerprint density at radius 2 is 1.70 bits per heavy atom. The molecular formula is C20H25N4O2Si. The van der Waals surface area contributed by atoms with Gasteiger partial charge in [0.1, 0.15) is 18.2 Å². The van der Waals surface area contributed by atoms with Crippen molar-refractivity contribution >= 4 is 20.2 Å². The van der Waals surface area contributed by atoms with Gasteiger partial charge in [0.05, 0.1) is 17.1 Å². The van der Waals surface area contributed by atoms with Crippen molar-refractivity contribution in [1.29, 1.82) is 0 Å². The fourth-order valence-corrected chi connectivity index (χ4v) is 3.11. The lowest BCUT2D eigenvalue weighted by atomic mass is 10.1. The number of benzene rings is 2. The van der Waals surface area contributed by atoms with E-state index in [0.717, 1.165) is 29.7 Å². The van der Waals surface area contributed by atoms with Crippen molar-refractivity contribution in [3.05, 3.63) is 54.7 Å². The van der Waals surface area contributed by atoms with E-state index in [1.165, 1.54) is 0 Å². The molecule has 6 nitrogen and oxygen atoms in total. The second kappa shape index (κ2) is 8.74. The maximum absolute atomic E-state index is 5.84. The highest BCUT2D eigenvalue weighted by Crippen LogP contribution is 2.28. The zero-order valence-electron chi connectivity index (χ0n) is 15.7. The molecule has 0 fully saturated rings. The van der Waals surface area contributed by atoms with Crippen LogP contribution in [0.25, 0.3) is 11.3 Å². The van der Waals surface area contributed by atoms with Gasteiger partial charge in [-0.05, 0) is 48.5 Å². The van der Waals surface area contributed by atoms with Gasteiger partial charge in [0.15, 0.2) is 0 Å². The van der Waals surface area contributed by atoms with Crippen molar-refractivity contribution in [2.45, 2.75) is 25.9 Å². The maximum Gasteiger partial charge on any atom is 0.139 e. The highest BCUT2D eigenvalue weighted by molar-refractivity contribution is 6.55. The van der Waals surface area contributed by atoms with Crippen LogP contribution in [-0.2, 0) is 11.5 Å². The van der Waals surface area contributed by atoms with Crippen LogP contribution in [-0.4, -0.2) is 25.2 Å². The third-order valence-corrected chi connectivity index (χ3v) is 5.32. The third-order valence-electron chi connectivity index (χ3n) is 4.12. The lowest BCUT2D eigenvalue weighted by Crippen LogP contribution is -2.10. The zero-order valence-corrected chi connectivity index (χ0v) is 16.7. The normalized spacial score (nSPS) is 11.1. The minimum absolute atomic E-state index is 0.256. The van der Waals surface area contributed by atoms with Gasteiger partial charge in [-0.25, -0.2) is 4.68 Å². The summed E-state index contributed by atoms with van der Waals surface area (Å²) in [7, 11) is -0.256. The molecule has 1 aromatic heterocycles. The smallest absolute Gasteiger partial charge is 0.139 e. The van der Waals surface area contributed by atoms with Crippen molar-refractivity contribution < 1.29 is 9.47 Å². The van der Waals surface area contributed by atoms with Crippen LogP contribution in [0.15, 0.2) is 54.7 Å². The number of rotatable bonds is 8. The second-order valence-corrected chi connectivity index (χ2v) is 9.54. The van der Waals surface area contributed by atoms with E-state index in [0.29, 0.717) is 23.9 Å². The standard InChI is InChI=1S/C20H25N4O2Si/c1-27(2)12-11-25-14-24-20(9-10-23-24)15-3-5-16(6-4-15)26-17-7-8-18(21)19(22)13-17/h3-10,13H,11-12,14,21-22H2,1-2H3. The molecule has 0 aliphatic carbocycles. The van der Waals surface area contributed by atoms with Crippen LogP contribution in [0.1, 0.15) is 0 Å². The monoisotopic (exact) mass is 381 g/mol. The van der Waals surface area contributed by atoms with E-state index in [9.17, 15) is 0 Å². The Bertz CT molecular complexity index is 878. The van der Waals surface area contributed by atoms with Crippen LogP contribution in [0.5, 0.6) is 11.5 Å². The first kappa shape index (κ1) is 19.0. The molecule has 7 heteroatoms. The van der Waals surface area contributed by atoms with Crippen LogP contribution in [0.4, 0.5) is 11.4 Å². The van der Waals surface area contributed by atoms with Crippen LogP contribution in [0, 0.1) is 0 Å². The van der Waals surface area contributed by atoms with E-state index in [4.69, 9.17) is 20.9 Å². The van der Waals surface area contributed by atoms with Gasteiger partial charge in [-0.15, -0.1) is 0 Å². The lowest BCUT2D eigenvalue weighted by Gasteiger charge is -2.11. The minimum Gasteiger partial charge on any atom is -0.457 e. The minimum atomic E-state index is -0.256. The largest absolute Gasteiger partial charge is 0.457 e. The van der Waals surface area contributed by atoms with Gasteiger partial charge in [-0.3, -0.25) is 0 Å². The van der Waals surface area contributed by atoms with E-state index < -0.39 is 0 Å². The van der Waals surface area contributed by atoms with E-state index in [2.05, 4.69) is 18.2 Å². The Balaban J connectivity index is 1.65. The Labute approximate surface area is 161 Å². The van der Waals surface area contributed by atoms with Crippen molar-refractivity contribution in [2.24, 2.45) is 0 Å². The number of hydrogen-bond acceptors (Lipinski definition) is 5. The third kappa shape index (κ3) is 5.12. The molecule has 0 bridgehead atoms. The van der Waals surface area contributed by atoms with Gasteiger partial charge in [-0.2, -0.15) is 5.10 Å². The number of anilines is 2. The van der Waals surface area contributed by atoms with Crippen LogP contribution in [0.2, 0.25) is 19.1 Å². The fraction of sp³-hybridized carbons (Fsp3) is 0.250. The first-order valence-electron chi connectivity index (χ1n) is 8.85. The quantitative estimate of drug-likeness (QED) is 0.346. The van der Waals surface area contributed by atoms with E-state index in [1.54, 1.807) is 24.4 Å². The average Bonchev–Trinajstić information content (AvgIpc) is 3.11. The summed E-state index contributed by atoms with van der Waals surface area (Å²) in [6, 6.07) is 16.2. The zero-order chi connectivity index (χ0) is 19.2. The summed E-state index contributed by atoms with van der Waals surface area (Å²) in [4.78, 5) is 0. The van der Waals surface area contributed by atoms with E-state index in [-0.39, 0.29) is 8.80 Å². The predicted molar refractivity (Wildman–Crippen MR) is 111 cm³/mol. The molecule has 0 unspecified atom stereocenters. The van der Waals surface area contributed by atoms with Crippen LogP contribution >= 0.6 is 0 Å². The first-order chi connectivity index (χ1) is 13.0. The molecule has 3 rings (SSSR count). The molecule has 0 aliphatic heterocycles. The predicted octanol–water partition coefficient (Wildman–Crippen LogP) is 4.24. The van der Waals surface area contributed by atoms with Crippen LogP contribution in [0.3, 0.4) is 0 Å². The molecular weight excluding hydrogens is 356 g/mol. The molecule has 0 saturated carbocycles. The van der Waals surface area contributed by atoms with Gasteiger partial charge in [0.25, 0.3) is 0 Å². The molecule has 0 amide bonds. The summed E-state index contributed by atoms with van der Waals surface area (Å²) in [5.41, 5.74) is 14.7. The van der Waals surface area contributed by atoms with Gasteiger partial charge in [0.2, 0.25) is 0 Å². The molecule has 0 atom stereocenters. The average molecular weight is 382 g/mol. The number of ether oxygens (including phenoxy) is 2. The SMILES string of the molecule is C[Si](C)CCOCn1nccc1-c1ccc(Oc2ccc(N)c(N)c2)cc1. The lowest BCUT2D eigenvalue weighted by molar-refractivity contribution is 0.0801. The number of nitrogens with zero attached hydrogens (tertiary/aromatic N) is 2. The molecule has 141 valence electrons. The summed E-state index contributed by atoms with van der Waals surface area (Å²) in [6.45, 7) is 5.81. The molecule has 27 heavy (non-hydrogen) atoms. The van der Waals surface area contributed by atoms with Gasteiger partial charge in [0, 0.05) is 33.2 Å². The Morgan fingerprint density at radius 1 is 0.963 bits per heavy atom. The molecule has 4 N–H and O–H groups in total. The van der Waals surface area contributed by atoms with E-state index >= 15 is 0 Å². The summed E-state index contributed by atoms with van der Waals surface area (Å²) in [6.07, 6.45) is 1.79.